The summed E-state index contributed by atoms with van der Waals surface area (Å²) in [6, 6.07) is 11.4. The van der Waals surface area contributed by atoms with Crippen LogP contribution in [0.1, 0.15) is 17.7 Å². The van der Waals surface area contributed by atoms with E-state index in [1.165, 1.54) is 0 Å². The number of rotatable bonds is 5. The largest absolute Gasteiger partial charge is 0.490 e. The van der Waals surface area contributed by atoms with E-state index in [9.17, 15) is 0 Å². The monoisotopic (exact) mass is 455 g/mol. The Balaban J connectivity index is 1.24. The molecule has 0 amide bonds. The van der Waals surface area contributed by atoms with Gasteiger partial charge in [0.05, 0.1) is 30.9 Å². The van der Waals surface area contributed by atoms with Crippen LogP contribution in [-0.2, 0) is 6.54 Å². The average Bonchev–Trinajstić information content (AvgIpc) is 3.49. The Hall–Kier alpha value is -4.47. The fourth-order valence-electron chi connectivity index (χ4n) is 3.80. The molecule has 0 spiro atoms. The molecule has 1 N–H and O–H groups in total. The van der Waals surface area contributed by atoms with Crippen LogP contribution in [-0.4, -0.2) is 42.8 Å². The number of hydrogen-bond donors (Lipinski definition) is 1. The smallest absolute Gasteiger partial charge is 0.253 e. The average molecular weight is 455 g/mol. The Morgan fingerprint density at radius 3 is 2.82 bits per heavy atom. The minimum atomic E-state index is 0.484. The fourth-order valence-corrected chi connectivity index (χ4v) is 3.80. The number of furan rings is 1. The van der Waals surface area contributed by atoms with E-state index >= 15 is 0 Å². The highest BCUT2D eigenvalue weighted by molar-refractivity contribution is 5.63. The van der Waals surface area contributed by atoms with Crippen LogP contribution in [0.5, 0.6) is 11.5 Å². The number of fused-ring (bicyclic) bond motifs is 2. The van der Waals surface area contributed by atoms with Gasteiger partial charge in [-0.1, -0.05) is 6.07 Å². The molecule has 0 bridgehead atoms. The molecular formula is C24H21N7O3. The lowest BCUT2D eigenvalue weighted by Crippen LogP contribution is -2.05. The van der Waals surface area contributed by atoms with Crippen LogP contribution < -0.4 is 14.8 Å². The van der Waals surface area contributed by atoms with Gasteiger partial charge in [-0.25, -0.2) is 19.5 Å². The van der Waals surface area contributed by atoms with Gasteiger partial charge in [0, 0.05) is 30.9 Å². The van der Waals surface area contributed by atoms with E-state index in [4.69, 9.17) is 13.9 Å². The second-order valence-corrected chi connectivity index (χ2v) is 7.83. The highest BCUT2D eigenvalue weighted by Gasteiger charge is 2.15. The quantitative estimate of drug-likeness (QED) is 0.421. The predicted octanol–water partition coefficient (Wildman–Crippen LogP) is 3.92. The van der Waals surface area contributed by atoms with Gasteiger partial charge in [-0.15, -0.1) is 5.10 Å². The summed E-state index contributed by atoms with van der Waals surface area (Å²) in [5.41, 5.74) is 3.48. The number of hydrogen-bond acceptors (Lipinski definition) is 9. The molecule has 0 aliphatic carbocycles. The van der Waals surface area contributed by atoms with Gasteiger partial charge in [-0.3, -0.25) is 0 Å². The second-order valence-electron chi connectivity index (χ2n) is 7.83. The van der Waals surface area contributed by atoms with Gasteiger partial charge in [-0.2, -0.15) is 4.98 Å². The molecule has 4 aromatic heterocycles. The van der Waals surface area contributed by atoms with Crippen molar-refractivity contribution < 1.29 is 13.9 Å². The molecule has 34 heavy (non-hydrogen) atoms. The first-order valence-corrected chi connectivity index (χ1v) is 11.0. The summed E-state index contributed by atoms with van der Waals surface area (Å²) in [6.07, 6.45) is 5.94. The Morgan fingerprint density at radius 2 is 1.94 bits per heavy atom. The number of benzene rings is 1. The molecule has 5 heterocycles. The first-order chi connectivity index (χ1) is 16.7. The zero-order valence-electron chi connectivity index (χ0n) is 18.4. The highest BCUT2D eigenvalue weighted by atomic mass is 16.5. The van der Waals surface area contributed by atoms with Crippen LogP contribution in [0.15, 0.2) is 59.5 Å². The van der Waals surface area contributed by atoms with Crippen molar-refractivity contribution in [3.05, 3.63) is 66.3 Å². The van der Waals surface area contributed by atoms with Gasteiger partial charge in [0.2, 0.25) is 11.8 Å². The maximum Gasteiger partial charge on any atom is 0.253 e. The summed E-state index contributed by atoms with van der Waals surface area (Å²) >= 11 is 0. The molecule has 1 aliphatic rings. The van der Waals surface area contributed by atoms with Crippen molar-refractivity contribution in [2.24, 2.45) is 0 Å². The third kappa shape index (κ3) is 3.79. The van der Waals surface area contributed by atoms with Crippen molar-refractivity contribution in [3.63, 3.8) is 0 Å². The van der Waals surface area contributed by atoms with Crippen LogP contribution in [0.4, 0.5) is 5.95 Å². The van der Waals surface area contributed by atoms with Crippen LogP contribution in [0.3, 0.4) is 0 Å². The van der Waals surface area contributed by atoms with Gasteiger partial charge < -0.3 is 19.2 Å². The lowest BCUT2D eigenvalue weighted by atomic mass is 10.2. The highest BCUT2D eigenvalue weighted by Crippen LogP contribution is 2.30. The molecule has 0 saturated carbocycles. The van der Waals surface area contributed by atoms with E-state index in [2.05, 4.69) is 30.4 Å². The SMILES string of the molecule is Cc1c(-c2ccnc(NCc3ccc4c(c3)OCCCO4)n2)cnc2nc(-c3ccco3)nn12. The molecule has 0 radical (unpaired) electrons. The zero-order chi connectivity index (χ0) is 22.9. The number of nitrogens with one attached hydrogen (secondary N) is 1. The molecule has 10 nitrogen and oxygen atoms in total. The Morgan fingerprint density at radius 1 is 1.03 bits per heavy atom. The number of aryl methyl sites for hydroxylation is 1. The third-order valence-electron chi connectivity index (χ3n) is 5.54. The minimum Gasteiger partial charge on any atom is -0.490 e. The Kier molecular flexibility index (Phi) is 5.02. The Bertz CT molecular complexity index is 1460. The van der Waals surface area contributed by atoms with Crippen LogP contribution in [0.25, 0.3) is 28.6 Å². The molecule has 10 heteroatoms. The molecule has 1 aromatic carbocycles. The topological polar surface area (TPSA) is 112 Å². The lowest BCUT2D eigenvalue weighted by molar-refractivity contribution is 0.297. The van der Waals surface area contributed by atoms with E-state index in [-0.39, 0.29) is 0 Å². The van der Waals surface area contributed by atoms with Crippen molar-refractivity contribution in [1.29, 1.82) is 0 Å². The zero-order valence-corrected chi connectivity index (χ0v) is 18.4. The van der Waals surface area contributed by atoms with Crippen LogP contribution in [0, 0.1) is 6.92 Å². The molecule has 5 aromatic rings. The fraction of sp³-hybridized carbons (Fsp3) is 0.208. The van der Waals surface area contributed by atoms with Crippen molar-refractivity contribution in [3.8, 4) is 34.3 Å². The molecular weight excluding hydrogens is 434 g/mol. The Labute approximate surface area is 194 Å². The summed E-state index contributed by atoms with van der Waals surface area (Å²) in [7, 11) is 0. The first kappa shape index (κ1) is 20.2. The molecule has 170 valence electrons. The maximum absolute atomic E-state index is 5.78. The lowest BCUT2D eigenvalue weighted by Gasteiger charge is -2.11. The van der Waals surface area contributed by atoms with Crippen molar-refractivity contribution in [2.75, 3.05) is 18.5 Å². The normalized spacial score (nSPS) is 13.1. The third-order valence-corrected chi connectivity index (χ3v) is 5.54. The van der Waals surface area contributed by atoms with E-state index in [0.29, 0.717) is 43.1 Å². The van der Waals surface area contributed by atoms with Gasteiger partial charge >= 0.3 is 0 Å². The van der Waals surface area contributed by atoms with E-state index < -0.39 is 0 Å². The van der Waals surface area contributed by atoms with E-state index in [1.807, 2.05) is 37.3 Å². The van der Waals surface area contributed by atoms with Crippen molar-refractivity contribution in [1.82, 2.24) is 29.5 Å². The molecule has 0 unspecified atom stereocenters. The molecule has 0 atom stereocenters. The van der Waals surface area contributed by atoms with Crippen LogP contribution in [0.2, 0.25) is 0 Å². The maximum atomic E-state index is 5.78. The standard InChI is InChI=1S/C24H21N7O3/c1-15-17(14-27-24-29-22(30-31(15)24)20-4-2-9-33-20)18-7-8-25-23(28-18)26-13-16-5-6-19-21(12-16)34-11-3-10-32-19/h2,4-9,12,14H,3,10-11,13H2,1H3,(H,25,26,28). The van der Waals surface area contributed by atoms with Gasteiger partial charge in [0.25, 0.3) is 5.78 Å². The van der Waals surface area contributed by atoms with Crippen LogP contribution >= 0.6 is 0 Å². The summed E-state index contributed by atoms with van der Waals surface area (Å²) in [5, 5.41) is 7.84. The number of aromatic nitrogens is 6. The van der Waals surface area contributed by atoms with E-state index in [0.717, 1.165) is 40.4 Å². The van der Waals surface area contributed by atoms with Gasteiger partial charge in [0.15, 0.2) is 17.3 Å². The first-order valence-electron chi connectivity index (χ1n) is 11.0. The van der Waals surface area contributed by atoms with E-state index in [1.54, 1.807) is 29.2 Å². The predicted molar refractivity (Wildman–Crippen MR) is 124 cm³/mol. The molecule has 1 aliphatic heterocycles. The van der Waals surface area contributed by atoms with Gasteiger partial charge in [0.1, 0.15) is 0 Å². The molecule has 6 rings (SSSR count). The summed E-state index contributed by atoms with van der Waals surface area (Å²) < 4.78 is 18.6. The number of nitrogens with zero attached hydrogens (tertiary/aromatic N) is 6. The molecule has 0 fully saturated rings. The summed E-state index contributed by atoms with van der Waals surface area (Å²) in [4.78, 5) is 18.0. The van der Waals surface area contributed by atoms with Crippen molar-refractivity contribution >= 4 is 11.7 Å². The summed E-state index contributed by atoms with van der Waals surface area (Å²) in [5.74, 6) is 3.63. The summed E-state index contributed by atoms with van der Waals surface area (Å²) in [6.45, 7) is 3.83. The minimum absolute atomic E-state index is 0.484. The second kappa shape index (κ2) is 8.47. The van der Waals surface area contributed by atoms with Crippen molar-refractivity contribution in [2.45, 2.75) is 19.9 Å². The molecule has 0 saturated heterocycles. The number of anilines is 1. The number of ether oxygens (including phenoxy) is 2. The van der Waals surface area contributed by atoms with Gasteiger partial charge in [-0.05, 0) is 42.8 Å².